The van der Waals surface area contributed by atoms with Gasteiger partial charge in [0.15, 0.2) is 6.29 Å². The van der Waals surface area contributed by atoms with Gasteiger partial charge in [-0.15, -0.1) is 0 Å². The Bertz CT molecular complexity index is 987. The maximum absolute atomic E-state index is 5.59. The van der Waals surface area contributed by atoms with Gasteiger partial charge in [-0.1, -0.05) is 44.4 Å². The predicted octanol–water partition coefficient (Wildman–Crippen LogP) is 7.20. The van der Waals surface area contributed by atoms with Gasteiger partial charge in [0.05, 0.1) is 7.11 Å². The highest BCUT2D eigenvalue weighted by Crippen LogP contribution is 2.56. The van der Waals surface area contributed by atoms with Crippen molar-refractivity contribution >= 4 is 5.69 Å². The van der Waals surface area contributed by atoms with Gasteiger partial charge in [-0.2, -0.15) is 0 Å². The highest BCUT2D eigenvalue weighted by Gasteiger charge is 2.45. The fourth-order valence-corrected chi connectivity index (χ4v) is 7.66. The molecule has 4 heteroatoms. The number of aryl methyl sites for hydroxylation is 1. The van der Waals surface area contributed by atoms with E-state index in [9.17, 15) is 0 Å². The Labute approximate surface area is 218 Å². The van der Waals surface area contributed by atoms with Gasteiger partial charge < -0.3 is 19.1 Å². The predicted molar refractivity (Wildman–Crippen MR) is 147 cm³/mol. The number of ether oxygens (including phenoxy) is 3. The van der Waals surface area contributed by atoms with E-state index in [1.807, 2.05) is 0 Å². The molecule has 0 radical (unpaired) electrons. The molecule has 1 saturated heterocycles. The number of methoxy groups -OCH3 is 3. The van der Waals surface area contributed by atoms with Gasteiger partial charge in [0.2, 0.25) is 0 Å². The maximum atomic E-state index is 5.59. The lowest BCUT2D eigenvalue weighted by atomic mass is 9.55. The van der Waals surface area contributed by atoms with Crippen LogP contribution >= 0.6 is 0 Å². The third-order valence-electron chi connectivity index (χ3n) is 9.77. The summed E-state index contributed by atoms with van der Waals surface area (Å²) >= 11 is 0. The molecule has 2 aromatic rings. The molecule has 1 heterocycles. The molecule has 36 heavy (non-hydrogen) atoms. The monoisotopic (exact) mass is 491 g/mol. The molecule has 0 bridgehead atoms. The number of anilines is 1. The van der Waals surface area contributed by atoms with Crippen molar-refractivity contribution in [1.82, 2.24) is 0 Å². The van der Waals surface area contributed by atoms with Crippen molar-refractivity contribution in [3.8, 4) is 5.75 Å². The van der Waals surface area contributed by atoms with Crippen LogP contribution in [0.5, 0.6) is 5.75 Å². The van der Waals surface area contributed by atoms with Crippen LogP contribution in [0.2, 0.25) is 0 Å². The summed E-state index contributed by atoms with van der Waals surface area (Å²) in [4.78, 5) is 2.53. The molecule has 1 aliphatic heterocycles. The average molecular weight is 492 g/mol. The van der Waals surface area contributed by atoms with Crippen LogP contribution in [-0.4, -0.2) is 40.7 Å². The van der Waals surface area contributed by atoms with Gasteiger partial charge in [0.25, 0.3) is 0 Å². The Balaban J connectivity index is 1.41. The Morgan fingerprint density at radius 2 is 1.56 bits per heavy atom. The van der Waals surface area contributed by atoms with Crippen molar-refractivity contribution in [3.05, 3.63) is 59.2 Å². The summed E-state index contributed by atoms with van der Waals surface area (Å²) in [6.45, 7) is 4.71. The molecule has 2 aromatic carbocycles. The van der Waals surface area contributed by atoms with E-state index in [4.69, 9.17) is 14.2 Å². The van der Waals surface area contributed by atoms with Crippen LogP contribution in [-0.2, 0) is 15.9 Å². The number of rotatable bonds is 7. The lowest BCUT2D eigenvalue weighted by molar-refractivity contribution is -0.141. The number of fused-ring (bicyclic) bond motifs is 1. The molecule has 0 amide bonds. The van der Waals surface area contributed by atoms with Gasteiger partial charge in [-0.25, -0.2) is 0 Å². The Morgan fingerprint density at radius 3 is 2.19 bits per heavy atom. The van der Waals surface area contributed by atoms with E-state index in [-0.39, 0.29) is 6.29 Å². The molecule has 0 unspecified atom stereocenters. The molecule has 2 fully saturated rings. The first-order valence-electron chi connectivity index (χ1n) is 14.1. The quantitative estimate of drug-likeness (QED) is 0.383. The first kappa shape index (κ1) is 25.6. The Kier molecular flexibility index (Phi) is 7.93. The van der Waals surface area contributed by atoms with Gasteiger partial charge in [-0.05, 0) is 90.8 Å². The number of hydrogen-bond donors (Lipinski definition) is 0. The lowest BCUT2D eigenvalue weighted by Crippen LogP contribution is -2.40. The van der Waals surface area contributed by atoms with E-state index >= 15 is 0 Å². The van der Waals surface area contributed by atoms with Gasteiger partial charge in [-0.3, -0.25) is 0 Å². The van der Waals surface area contributed by atoms with Crippen LogP contribution in [0.3, 0.4) is 0 Å². The van der Waals surface area contributed by atoms with Crippen LogP contribution in [0, 0.1) is 17.3 Å². The van der Waals surface area contributed by atoms with Crippen molar-refractivity contribution in [1.29, 1.82) is 0 Å². The van der Waals surface area contributed by atoms with Crippen LogP contribution in [0.15, 0.2) is 42.5 Å². The van der Waals surface area contributed by atoms with Gasteiger partial charge in [0.1, 0.15) is 5.75 Å². The Morgan fingerprint density at radius 1 is 0.861 bits per heavy atom. The number of nitrogens with zero attached hydrogens (tertiary/aromatic N) is 1. The third kappa shape index (κ3) is 4.91. The molecule has 0 spiro atoms. The lowest BCUT2D eigenvalue weighted by Gasteiger charge is -2.49. The molecular formula is C32H45NO3. The number of hydrogen-bond acceptors (Lipinski definition) is 4. The summed E-state index contributed by atoms with van der Waals surface area (Å²) < 4.78 is 16.6. The molecular weight excluding hydrogens is 446 g/mol. The molecule has 1 saturated carbocycles. The summed E-state index contributed by atoms with van der Waals surface area (Å²) in [6, 6.07) is 16.4. The molecule has 4 nitrogen and oxygen atoms in total. The zero-order valence-electron chi connectivity index (χ0n) is 22.8. The summed E-state index contributed by atoms with van der Waals surface area (Å²) in [5.41, 5.74) is 6.12. The zero-order chi connectivity index (χ0) is 25.1. The van der Waals surface area contributed by atoms with Crippen LogP contribution in [0.4, 0.5) is 5.69 Å². The highest BCUT2D eigenvalue weighted by molar-refractivity contribution is 5.52. The second-order valence-electron chi connectivity index (χ2n) is 11.6. The van der Waals surface area contributed by atoms with Gasteiger partial charge in [0, 0.05) is 44.8 Å². The molecule has 3 aliphatic rings. The summed E-state index contributed by atoms with van der Waals surface area (Å²) in [6.07, 6.45) is 11.5. The van der Waals surface area contributed by atoms with Crippen LogP contribution in [0.1, 0.15) is 80.9 Å². The second-order valence-corrected chi connectivity index (χ2v) is 11.6. The van der Waals surface area contributed by atoms with E-state index in [1.54, 1.807) is 21.3 Å². The number of benzene rings is 2. The van der Waals surface area contributed by atoms with E-state index in [0.29, 0.717) is 17.3 Å². The zero-order valence-corrected chi connectivity index (χ0v) is 22.8. The fourth-order valence-electron chi connectivity index (χ4n) is 7.66. The van der Waals surface area contributed by atoms with Crippen molar-refractivity contribution in [2.45, 2.75) is 76.9 Å². The van der Waals surface area contributed by atoms with Crippen LogP contribution < -0.4 is 9.64 Å². The minimum Gasteiger partial charge on any atom is -0.497 e. The first-order valence-corrected chi connectivity index (χ1v) is 14.1. The van der Waals surface area contributed by atoms with Crippen LogP contribution in [0.25, 0.3) is 0 Å². The largest absolute Gasteiger partial charge is 0.497 e. The van der Waals surface area contributed by atoms with Gasteiger partial charge >= 0.3 is 0 Å². The molecule has 5 rings (SSSR count). The topological polar surface area (TPSA) is 30.9 Å². The minimum absolute atomic E-state index is 0.0861. The molecule has 2 aliphatic carbocycles. The van der Waals surface area contributed by atoms with E-state index in [2.05, 4.69) is 54.3 Å². The summed E-state index contributed by atoms with van der Waals surface area (Å²) in [7, 11) is 5.28. The highest BCUT2D eigenvalue weighted by atomic mass is 16.7. The third-order valence-corrected chi connectivity index (χ3v) is 9.77. The fraction of sp³-hybridized carbons (Fsp3) is 0.625. The second kappa shape index (κ2) is 11.1. The van der Waals surface area contributed by atoms with Crippen molar-refractivity contribution in [2.24, 2.45) is 17.3 Å². The van der Waals surface area contributed by atoms with Crippen molar-refractivity contribution in [2.75, 3.05) is 39.3 Å². The summed E-state index contributed by atoms with van der Waals surface area (Å²) in [5.74, 6) is 2.71. The smallest absolute Gasteiger partial charge is 0.159 e. The average Bonchev–Trinajstić information content (AvgIpc) is 2.94. The molecule has 0 N–H and O–H groups in total. The molecule has 0 aromatic heterocycles. The maximum Gasteiger partial charge on any atom is 0.159 e. The molecule has 196 valence electrons. The summed E-state index contributed by atoms with van der Waals surface area (Å²) in [5, 5.41) is 0. The van der Waals surface area contributed by atoms with E-state index in [0.717, 1.165) is 44.0 Å². The Hall–Kier alpha value is -2.04. The van der Waals surface area contributed by atoms with E-state index < -0.39 is 0 Å². The number of piperidine rings is 1. The minimum atomic E-state index is -0.0861. The normalized spacial score (nSPS) is 25.7. The van der Waals surface area contributed by atoms with E-state index in [1.165, 1.54) is 60.9 Å². The van der Waals surface area contributed by atoms with Crippen molar-refractivity contribution < 1.29 is 14.2 Å². The van der Waals surface area contributed by atoms with Crippen molar-refractivity contribution in [3.63, 3.8) is 0 Å². The SMILES string of the molecule is COc1ccc2c(c1)CC[C@](C)(C1CCCCC1)[C@@H]2c1ccc(N2CCC(C(OC)OC)CC2)cc1. The standard InChI is InChI=1S/C32H45NO3/c1-32(26-8-6-5-7-9-26)19-16-25-22-28(34-2)14-15-29(25)30(32)23-10-12-27(13-11-23)33-20-17-24(18-21-33)31(35-3)36-4/h10-15,22,24,26,30-31H,5-9,16-21H2,1-4H3/t30-,32-/m1/s1. The molecule has 2 atom stereocenters. The first-order chi connectivity index (χ1) is 17.6.